The molecule has 0 radical (unpaired) electrons. The standard InChI is InChI=1S/C12H16ClNO2/c1-2-16-12(15)7-8-14-9-10-5-3-4-6-11(10)13/h3-6,14H,2,7-9H2,1H3. The molecule has 1 N–H and O–H groups in total. The van der Waals surface area contributed by atoms with E-state index >= 15 is 0 Å². The maximum Gasteiger partial charge on any atom is 0.307 e. The first-order chi connectivity index (χ1) is 7.74. The van der Waals surface area contributed by atoms with Gasteiger partial charge in [-0.2, -0.15) is 0 Å². The fraction of sp³-hybridized carbons (Fsp3) is 0.417. The number of carbonyl (C=O) groups excluding carboxylic acids is 1. The third-order valence-electron chi connectivity index (χ3n) is 2.08. The largest absolute Gasteiger partial charge is 0.466 e. The Morgan fingerprint density at radius 3 is 2.88 bits per heavy atom. The summed E-state index contributed by atoms with van der Waals surface area (Å²) in [6.07, 6.45) is 0.387. The summed E-state index contributed by atoms with van der Waals surface area (Å²) < 4.78 is 4.81. The van der Waals surface area contributed by atoms with E-state index in [1.165, 1.54) is 0 Å². The Balaban J connectivity index is 2.21. The molecule has 0 saturated carbocycles. The molecule has 0 saturated heterocycles. The molecular weight excluding hydrogens is 226 g/mol. The Morgan fingerprint density at radius 2 is 2.19 bits per heavy atom. The van der Waals surface area contributed by atoms with E-state index in [1.54, 1.807) is 6.92 Å². The van der Waals surface area contributed by atoms with Gasteiger partial charge in [-0.3, -0.25) is 4.79 Å². The Bertz CT molecular complexity index is 342. The summed E-state index contributed by atoms with van der Waals surface area (Å²) in [4.78, 5) is 11.0. The van der Waals surface area contributed by atoms with E-state index in [2.05, 4.69) is 5.32 Å². The number of nitrogens with one attached hydrogen (secondary N) is 1. The number of rotatable bonds is 6. The first-order valence-electron chi connectivity index (χ1n) is 5.33. The first kappa shape index (κ1) is 13.0. The number of hydrogen-bond donors (Lipinski definition) is 1. The highest BCUT2D eigenvalue weighted by molar-refractivity contribution is 6.31. The van der Waals surface area contributed by atoms with Gasteiger partial charge in [0, 0.05) is 18.1 Å². The molecule has 0 unspecified atom stereocenters. The Morgan fingerprint density at radius 1 is 1.44 bits per heavy atom. The van der Waals surface area contributed by atoms with Crippen molar-refractivity contribution < 1.29 is 9.53 Å². The quantitative estimate of drug-likeness (QED) is 0.614. The lowest BCUT2D eigenvalue weighted by molar-refractivity contribution is -0.142. The molecular formula is C12H16ClNO2. The Labute approximate surface area is 101 Å². The molecule has 0 aromatic heterocycles. The minimum atomic E-state index is -0.172. The lowest BCUT2D eigenvalue weighted by Gasteiger charge is -2.06. The maximum absolute atomic E-state index is 11.0. The van der Waals surface area contributed by atoms with Crippen LogP contribution in [0.4, 0.5) is 0 Å². The van der Waals surface area contributed by atoms with Gasteiger partial charge < -0.3 is 10.1 Å². The van der Waals surface area contributed by atoms with E-state index in [9.17, 15) is 4.79 Å². The fourth-order valence-corrected chi connectivity index (χ4v) is 1.49. The molecule has 1 rings (SSSR count). The van der Waals surface area contributed by atoms with E-state index in [4.69, 9.17) is 16.3 Å². The van der Waals surface area contributed by atoms with Crippen LogP contribution >= 0.6 is 11.6 Å². The van der Waals surface area contributed by atoms with Gasteiger partial charge in [0.25, 0.3) is 0 Å². The molecule has 1 aromatic rings. The number of hydrogen-bond acceptors (Lipinski definition) is 3. The van der Waals surface area contributed by atoms with Gasteiger partial charge in [-0.05, 0) is 18.6 Å². The molecule has 88 valence electrons. The molecule has 0 aliphatic carbocycles. The predicted octanol–water partition coefficient (Wildman–Crippen LogP) is 2.38. The van der Waals surface area contributed by atoms with Crippen molar-refractivity contribution in [1.82, 2.24) is 5.32 Å². The minimum Gasteiger partial charge on any atom is -0.466 e. The van der Waals surface area contributed by atoms with Crippen LogP contribution in [-0.4, -0.2) is 19.1 Å². The van der Waals surface area contributed by atoms with Gasteiger partial charge in [-0.25, -0.2) is 0 Å². The first-order valence-corrected chi connectivity index (χ1v) is 5.71. The van der Waals surface area contributed by atoms with Gasteiger partial charge in [0.1, 0.15) is 0 Å². The van der Waals surface area contributed by atoms with E-state index in [-0.39, 0.29) is 5.97 Å². The summed E-state index contributed by atoms with van der Waals surface area (Å²) >= 11 is 5.98. The van der Waals surface area contributed by atoms with E-state index in [0.29, 0.717) is 26.1 Å². The molecule has 4 heteroatoms. The highest BCUT2D eigenvalue weighted by Gasteiger charge is 2.01. The van der Waals surface area contributed by atoms with Crippen LogP contribution in [0.25, 0.3) is 0 Å². The average Bonchev–Trinajstić information content (AvgIpc) is 2.27. The summed E-state index contributed by atoms with van der Waals surface area (Å²) in [5, 5.41) is 3.89. The summed E-state index contributed by atoms with van der Waals surface area (Å²) in [6, 6.07) is 7.64. The minimum absolute atomic E-state index is 0.172. The van der Waals surface area contributed by atoms with Crippen LogP contribution in [0.5, 0.6) is 0 Å². The Hall–Kier alpha value is -1.06. The van der Waals surface area contributed by atoms with Crippen molar-refractivity contribution in [3.8, 4) is 0 Å². The molecule has 0 aliphatic heterocycles. The van der Waals surface area contributed by atoms with Crippen LogP contribution in [0.3, 0.4) is 0 Å². The van der Waals surface area contributed by atoms with Gasteiger partial charge in [-0.15, -0.1) is 0 Å². The fourth-order valence-electron chi connectivity index (χ4n) is 1.29. The molecule has 1 aromatic carbocycles. The van der Waals surface area contributed by atoms with Crippen molar-refractivity contribution in [3.05, 3.63) is 34.9 Å². The van der Waals surface area contributed by atoms with Crippen LogP contribution in [-0.2, 0) is 16.1 Å². The van der Waals surface area contributed by atoms with Crippen molar-refractivity contribution in [1.29, 1.82) is 0 Å². The number of ether oxygens (including phenoxy) is 1. The molecule has 0 heterocycles. The van der Waals surface area contributed by atoms with Crippen LogP contribution in [0.15, 0.2) is 24.3 Å². The second kappa shape index (κ2) is 7.25. The molecule has 0 bridgehead atoms. The highest BCUT2D eigenvalue weighted by atomic mass is 35.5. The summed E-state index contributed by atoms with van der Waals surface area (Å²) in [7, 11) is 0. The molecule has 0 amide bonds. The summed E-state index contributed by atoms with van der Waals surface area (Å²) in [5.74, 6) is -0.172. The normalized spacial score (nSPS) is 10.1. The van der Waals surface area contributed by atoms with Gasteiger partial charge in [0.05, 0.1) is 13.0 Å². The summed E-state index contributed by atoms with van der Waals surface area (Å²) in [5.41, 5.74) is 1.04. The maximum atomic E-state index is 11.0. The van der Waals surface area contributed by atoms with Gasteiger partial charge >= 0.3 is 5.97 Å². The van der Waals surface area contributed by atoms with E-state index in [0.717, 1.165) is 10.6 Å². The molecule has 0 aliphatic rings. The van der Waals surface area contributed by atoms with Crippen molar-refractivity contribution in [2.75, 3.05) is 13.2 Å². The predicted molar refractivity (Wildman–Crippen MR) is 64.4 cm³/mol. The van der Waals surface area contributed by atoms with Crippen LogP contribution in [0.2, 0.25) is 5.02 Å². The molecule has 0 fully saturated rings. The second-order valence-electron chi connectivity index (χ2n) is 3.32. The average molecular weight is 242 g/mol. The zero-order chi connectivity index (χ0) is 11.8. The van der Waals surface area contributed by atoms with Crippen LogP contribution < -0.4 is 5.32 Å². The molecule has 16 heavy (non-hydrogen) atoms. The number of carbonyl (C=O) groups is 1. The number of halogens is 1. The summed E-state index contributed by atoms with van der Waals surface area (Å²) in [6.45, 7) is 3.50. The van der Waals surface area contributed by atoms with E-state index in [1.807, 2.05) is 24.3 Å². The van der Waals surface area contributed by atoms with Crippen LogP contribution in [0, 0.1) is 0 Å². The lowest BCUT2D eigenvalue weighted by atomic mass is 10.2. The van der Waals surface area contributed by atoms with Crippen molar-refractivity contribution in [2.24, 2.45) is 0 Å². The van der Waals surface area contributed by atoms with Gasteiger partial charge in [0.15, 0.2) is 0 Å². The highest BCUT2D eigenvalue weighted by Crippen LogP contribution is 2.14. The van der Waals surface area contributed by atoms with Gasteiger partial charge in [-0.1, -0.05) is 29.8 Å². The number of benzene rings is 1. The zero-order valence-electron chi connectivity index (χ0n) is 9.33. The number of esters is 1. The molecule has 3 nitrogen and oxygen atoms in total. The van der Waals surface area contributed by atoms with Crippen LogP contribution in [0.1, 0.15) is 18.9 Å². The third kappa shape index (κ3) is 4.64. The van der Waals surface area contributed by atoms with Gasteiger partial charge in [0.2, 0.25) is 0 Å². The molecule has 0 spiro atoms. The van der Waals surface area contributed by atoms with Crippen molar-refractivity contribution in [3.63, 3.8) is 0 Å². The van der Waals surface area contributed by atoms with E-state index < -0.39 is 0 Å². The smallest absolute Gasteiger partial charge is 0.307 e. The molecule has 0 atom stereocenters. The Kier molecular flexibility index (Phi) is 5.90. The second-order valence-corrected chi connectivity index (χ2v) is 3.73. The third-order valence-corrected chi connectivity index (χ3v) is 2.45. The monoisotopic (exact) mass is 241 g/mol. The zero-order valence-corrected chi connectivity index (χ0v) is 10.1. The topological polar surface area (TPSA) is 38.3 Å². The SMILES string of the molecule is CCOC(=O)CCNCc1ccccc1Cl. The van der Waals surface area contributed by atoms with Crippen molar-refractivity contribution in [2.45, 2.75) is 19.9 Å². The van der Waals surface area contributed by atoms with Crippen molar-refractivity contribution >= 4 is 17.6 Å². The lowest BCUT2D eigenvalue weighted by Crippen LogP contribution is -2.19.